The number of piperidine rings is 2. The Bertz CT molecular complexity index is 773. The molecule has 158 valence electrons. The number of nitrogens with one attached hydrogen (secondary N) is 3. The molecule has 4 amide bonds. The number of carbonyl (C=O) groups is 3. The normalized spacial score (nSPS) is 27.6. The van der Waals surface area contributed by atoms with Gasteiger partial charge in [-0.3, -0.25) is 25.0 Å². The van der Waals surface area contributed by atoms with Gasteiger partial charge in [-0.2, -0.15) is 13.5 Å². The van der Waals surface area contributed by atoms with E-state index >= 15 is 0 Å². The average molecular weight is 427 g/mol. The second-order valence-corrected chi connectivity index (χ2v) is 7.77. The zero-order valence-electron chi connectivity index (χ0n) is 14.4. The van der Waals surface area contributed by atoms with E-state index in [-0.39, 0.29) is 11.0 Å². The molecule has 3 heterocycles. The fourth-order valence-corrected chi connectivity index (χ4v) is 3.85. The number of hydrazine groups is 1. The van der Waals surface area contributed by atoms with Crippen molar-refractivity contribution >= 4 is 28.2 Å². The molecule has 3 aliphatic rings. The topological polar surface area (TPSA) is 157 Å². The fraction of sp³-hybridized carbons (Fsp3) is 0.769. The number of amides is 4. The molecule has 15 heteroatoms. The number of carbonyl (C=O) groups excluding carboxylic acids is 3. The zero-order valence-corrected chi connectivity index (χ0v) is 15.2. The highest BCUT2D eigenvalue weighted by atomic mass is 32.3. The van der Waals surface area contributed by atoms with Crippen molar-refractivity contribution in [2.24, 2.45) is 5.92 Å². The van der Waals surface area contributed by atoms with Crippen molar-refractivity contribution in [1.82, 2.24) is 26.1 Å². The van der Waals surface area contributed by atoms with Crippen LogP contribution >= 0.6 is 0 Å². The van der Waals surface area contributed by atoms with Crippen LogP contribution in [0.15, 0.2) is 0 Å². The van der Waals surface area contributed by atoms with E-state index in [1.54, 1.807) is 0 Å². The van der Waals surface area contributed by atoms with Crippen molar-refractivity contribution in [1.29, 1.82) is 0 Å². The first-order valence-corrected chi connectivity index (χ1v) is 9.81. The van der Waals surface area contributed by atoms with Crippen molar-refractivity contribution in [3.05, 3.63) is 0 Å². The molecule has 3 saturated heterocycles. The average Bonchev–Trinajstić information content (AvgIpc) is 2.90. The summed E-state index contributed by atoms with van der Waals surface area (Å²) in [4.78, 5) is 37.2. The maximum atomic E-state index is 14.3. The minimum Gasteiger partial charge on any atom is -0.317 e. The van der Waals surface area contributed by atoms with Crippen LogP contribution in [0.1, 0.15) is 19.3 Å². The van der Waals surface area contributed by atoms with E-state index in [0.717, 1.165) is 0 Å². The van der Waals surface area contributed by atoms with Crippen molar-refractivity contribution < 1.29 is 40.4 Å². The molecule has 0 aromatic rings. The lowest BCUT2D eigenvalue weighted by Crippen LogP contribution is -2.59. The Kier molecular flexibility index (Phi) is 5.44. The van der Waals surface area contributed by atoms with Gasteiger partial charge >= 0.3 is 16.4 Å². The van der Waals surface area contributed by atoms with Crippen molar-refractivity contribution in [2.75, 3.05) is 19.6 Å². The Balaban J connectivity index is 1.66. The van der Waals surface area contributed by atoms with Gasteiger partial charge in [0.15, 0.2) is 0 Å². The van der Waals surface area contributed by atoms with Gasteiger partial charge in [0.05, 0.1) is 6.54 Å². The van der Waals surface area contributed by atoms with Gasteiger partial charge in [0.2, 0.25) is 5.91 Å². The summed E-state index contributed by atoms with van der Waals surface area (Å²) in [5.41, 5.74) is 4.21. The molecule has 0 aromatic heterocycles. The fourth-order valence-electron chi connectivity index (χ4n) is 3.48. The Morgan fingerprint density at radius 2 is 1.82 bits per heavy atom. The minimum atomic E-state index is -5.22. The van der Waals surface area contributed by atoms with Crippen LogP contribution in [0.2, 0.25) is 0 Å². The maximum absolute atomic E-state index is 14.3. The van der Waals surface area contributed by atoms with Crippen LogP contribution < -0.4 is 16.2 Å². The first kappa shape index (κ1) is 20.6. The number of rotatable bonds is 4. The number of alkyl halides is 2. The Labute approximate surface area is 158 Å². The third kappa shape index (κ3) is 4.16. The van der Waals surface area contributed by atoms with Gasteiger partial charge in [0.1, 0.15) is 12.1 Å². The summed E-state index contributed by atoms with van der Waals surface area (Å²) < 4.78 is 63.0. The number of hydrogen-bond donors (Lipinski definition) is 4. The predicted molar refractivity (Wildman–Crippen MR) is 85.6 cm³/mol. The zero-order chi connectivity index (χ0) is 20.7. The first-order valence-electron chi connectivity index (χ1n) is 8.45. The van der Waals surface area contributed by atoms with Gasteiger partial charge in [-0.15, -0.1) is 4.28 Å². The van der Waals surface area contributed by atoms with Crippen molar-refractivity contribution in [3.63, 3.8) is 0 Å². The molecule has 3 rings (SSSR count). The smallest absolute Gasteiger partial charge is 0.317 e. The lowest BCUT2D eigenvalue weighted by atomic mass is 9.96. The number of hydrogen-bond acceptors (Lipinski definition) is 7. The monoisotopic (exact) mass is 427 g/mol. The largest absolute Gasteiger partial charge is 0.418 e. The molecular weight excluding hydrogens is 408 g/mol. The maximum Gasteiger partial charge on any atom is 0.418 e. The summed E-state index contributed by atoms with van der Waals surface area (Å²) in [6, 6.07) is -4.97. The van der Waals surface area contributed by atoms with E-state index in [1.165, 1.54) is 0 Å². The quantitative estimate of drug-likeness (QED) is 0.308. The third-order valence-electron chi connectivity index (χ3n) is 4.91. The molecule has 0 unspecified atom stereocenters. The molecule has 0 saturated carbocycles. The number of nitrogens with zero attached hydrogens (tertiary/aromatic N) is 2. The van der Waals surface area contributed by atoms with Gasteiger partial charge in [0, 0.05) is 12.3 Å². The highest BCUT2D eigenvalue weighted by Gasteiger charge is 2.62. The molecule has 3 fully saturated rings. The van der Waals surface area contributed by atoms with Gasteiger partial charge in [-0.25, -0.2) is 13.6 Å². The summed E-state index contributed by atoms with van der Waals surface area (Å²) in [5, 5.41) is 2.91. The van der Waals surface area contributed by atoms with Crippen LogP contribution in [0.4, 0.5) is 13.6 Å². The molecule has 4 N–H and O–H groups in total. The molecule has 0 aliphatic carbocycles. The Morgan fingerprint density at radius 1 is 1.21 bits per heavy atom. The van der Waals surface area contributed by atoms with Gasteiger partial charge in [0.25, 0.3) is 11.8 Å². The lowest BCUT2D eigenvalue weighted by Gasteiger charge is -2.34. The SMILES string of the molecule is O=C(NNC(=O)[C@@H]1CC(F)(F)[C@@H]2CN1C(=O)N2OS(=O)(=O)O)C1CCNCC1. The van der Waals surface area contributed by atoms with Crippen LogP contribution in [-0.4, -0.2) is 78.4 Å². The third-order valence-corrected chi connectivity index (χ3v) is 5.26. The van der Waals surface area contributed by atoms with E-state index in [1.807, 2.05) is 5.43 Å². The van der Waals surface area contributed by atoms with Crippen LogP contribution in [0.5, 0.6) is 0 Å². The molecule has 28 heavy (non-hydrogen) atoms. The molecule has 0 radical (unpaired) electrons. The molecule has 2 atom stereocenters. The van der Waals surface area contributed by atoms with E-state index in [0.29, 0.717) is 30.8 Å². The summed E-state index contributed by atoms with van der Waals surface area (Å²) >= 11 is 0. The van der Waals surface area contributed by atoms with E-state index in [9.17, 15) is 31.6 Å². The summed E-state index contributed by atoms with van der Waals surface area (Å²) in [5.74, 6) is -5.54. The highest BCUT2D eigenvalue weighted by Crippen LogP contribution is 2.40. The second-order valence-electron chi connectivity index (χ2n) is 6.76. The number of urea groups is 1. The van der Waals surface area contributed by atoms with Crippen molar-refractivity contribution in [3.8, 4) is 0 Å². The summed E-state index contributed by atoms with van der Waals surface area (Å²) in [7, 11) is -5.22. The number of halogens is 2. The Hall–Kier alpha value is -2.10. The van der Waals surface area contributed by atoms with Gasteiger partial charge in [-0.1, -0.05) is 0 Å². The van der Waals surface area contributed by atoms with E-state index in [2.05, 4.69) is 15.0 Å². The van der Waals surface area contributed by atoms with E-state index < -0.39 is 59.2 Å². The predicted octanol–water partition coefficient (Wildman–Crippen LogP) is -1.62. The lowest BCUT2D eigenvalue weighted by molar-refractivity contribution is -0.154. The molecule has 0 aromatic carbocycles. The molecule has 3 aliphatic heterocycles. The highest BCUT2D eigenvalue weighted by molar-refractivity contribution is 7.80. The molecular formula is C13H19F2N5O7S. The number of hydroxylamine groups is 2. The summed E-state index contributed by atoms with van der Waals surface area (Å²) in [6.07, 6.45) is -0.00134. The Morgan fingerprint density at radius 3 is 2.43 bits per heavy atom. The first-order chi connectivity index (χ1) is 13.0. The molecule has 0 spiro atoms. The van der Waals surface area contributed by atoms with Gasteiger partial charge in [-0.05, 0) is 25.9 Å². The molecule has 12 nitrogen and oxygen atoms in total. The van der Waals surface area contributed by atoms with Crippen LogP contribution in [0.3, 0.4) is 0 Å². The second kappa shape index (κ2) is 7.38. The standard InChI is InChI=1S/C13H19F2N5O7S/c14-13(15)5-8(11(22)18-17-10(21)7-1-3-16-4-2-7)19-6-9(13)20(12(19)23)27-28(24,25)26/h7-9,16H,1-6H2,(H,17,21)(H,18,22)(H,24,25,26)/t8-,9-/m0/s1. The summed E-state index contributed by atoms with van der Waals surface area (Å²) in [6.45, 7) is 0.573. The van der Waals surface area contributed by atoms with Crippen LogP contribution in [0, 0.1) is 5.92 Å². The van der Waals surface area contributed by atoms with Crippen molar-refractivity contribution in [2.45, 2.75) is 37.3 Å². The van der Waals surface area contributed by atoms with Crippen LogP contribution in [0.25, 0.3) is 0 Å². The molecule has 2 bridgehead atoms. The van der Waals surface area contributed by atoms with Gasteiger partial charge < -0.3 is 10.2 Å². The van der Waals surface area contributed by atoms with Crippen LogP contribution in [-0.2, 0) is 24.3 Å². The number of fused-ring (bicyclic) bond motifs is 2. The van der Waals surface area contributed by atoms with E-state index in [4.69, 9.17) is 4.55 Å². The minimum absolute atomic E-state index is 0.157.